The molecule has 28 heavy (non-hydrogen) atoms. The van der Waals surface area contributed by atoms with Gasteiger partial charge in [0.25, 0.3) is 0 Å². The number of hydrogen-bond donors (Lipinski definition) is 5. The third-order valence-corrected chi connectivity index (χ3v) is 4.51. The molecule has 9 nitrogen and oxygen atoms in total. The summed E-state index contributed by atoms with van der Waals surface area (Å²) in [5.74, 6) is 5.56. The van der Waals surface area contributed by atoms with Crippen LogP contribution in [0.1, 0.15) is 48.0 Å². The van der Waals surface area contributed by atoms with Crippen molar-refractivity contribution in [2.75, 3.05) is 19.7 Å². The summed E-state index contributed by atoms with van der Waals surface area (Å²) in [6.45, 7) is 0.342. The molecule has 1 aliphatic heterocycles. The fourth-order valence-electron chi connectivity index (χ4n) is 2.97. The number of amides is 1. The number of aromatic nitrogens is 1. The Bertz CT molecular complexity index is 723. The fourth-order valence-corrected chi connectivity index (χ4v) is 2.97. The van der Waals surface area contributed by atoms with Crippen molar-refractivity contribution in [3.05, 3.63) is 23.5 Å². The van der Waals surface area contributed by atoms with Gasteiger partial charge in [-0.3, -0.25) is 9.59 Å². The van der Waals surface area contributed by atoms with E-state index in [2.05, 4.69) is 17.2 Å². The van der Waals surface area contributed by atoms with Crippen LogP contribution in [0, 0.1) is 11.8 Å². The van der Waals surface area contributed by atoms with Gasteiger partial charge in [-0.1, -0.05) is 18.3 Å². The Morgan fingerprint density at radius 3 is 2.75 bits per heavy atom. The van der Waals surface area contributed by atoms with E-state index in [1.54, 1.807) is 0 Å². The van der Waals surface area contributed by atoms with Gasteiger partial charge in [0.15, 0.2) is 12.5 Å². The highest BCUT2D eigenvalue weighted by Crippen LogP contribution is 2.30. The lowest BCUT2D eigenvalue weighted by atomic mass is 10.1. The molecule has 2 heterocycles. The summed E-state index contributed by atoms with van der Waals surface area (Å²) in [6, 6.07) is 1.52. The molecule has 0 radical (unpaired) electrons. The summed E-state index contributed by atoms with van der Waals surface area (Å²) < 4.78 is 6.80. The molecule has 0 saturated carbocycles. The monoisotopic (exact) mass is 393 g/mol. The molecule has 1 aromatic heterocycles. The first kappa shape index (κ1) is 22.1. The van der Waals surface area contributed by atoms with E-state index >= 15 is 0 Å². The largest absolute Gasteiger partial charge is 0.394 e. The SMILES string of the molecule is NCCCCCC(=O)NCC#Cc1cc(C=O)n([C@@H]2O[C@H](CO)[C@@H](O)[C@H]2O)c1. The molecule has 4 atom stereocenters. The molecule has 0 aromatic carbocycles. The van der Waals surface area contributed by atoms with Crippen molar-refractivity contribution in [3.8, 4) is 11.8 Å². The number of aldehydes is 1. The van der Waals surface area contributed by atoms with E-state index in [0.29, 0.717) is 24.8 Å². The molecule has 2 rings (SSSR count). The zero-order chi connectivity index (χ0) is 20.5. The van der Waals surface area contributed by atoms with Gasteiger partial charge in [-0.25, -0.2) is 0 Å². The second-order valence-electron chi connectivity index (χ2n) is 6.59. The Kier molecular flexibility index (Phi) is 8.63. The lowest BCUT2D eigenvalue weighted by molar-refractivity contribution is -0.120. The van der Waals surface area contributed by atoms with Gasteiger partial charge in [-0.05, 0) is 25.5 Å². The number of nitrogens with zero attached hydrogens (tertiary/aromatic N) is 1. The van der Waals surface area contributed by atoms with E-state index in [-0.39, 0.29) is 18.1 Å². The summed E-state index contributed by atoms with van der Waals surface area (Å²) in [5.41, 5.74) is 6.11. The molecule has 154 valence electrons. The first-order valence-corrected chi connectivity index (χ1v) is 9.27. The number of aliphatic hydroxyl groups is 3. The van der Waals surface area contributed by atoms with E-state index < -0.39 is 31.1 Å². The van der Waals surface area contributed by atoms with Crippen LogP contribution >= 0.6 is 0 Å². The van der Waals surface area contributed by atoms with Gasteiger partial charge < -0.3 is 35.7 Å². The highest BCUT2D eigenvalue weighted by Gasteiger charge is 2.43. The highest BCUT2D eigenvalue weighted by molar-refractivity contribution is 5.76. The Morgan fingerprint density at radius 1 is 1.32 bits per heavy atom. The minimum absolute atomic E-state index is 0.0796. The van der Waals surface area contributed by atoms with Gasteiger partial charge in [0, 0.05) is 18.2 Å². The molecule has 9 heteroatoms. The maximum absolute atomic E-state index is 11.7. The van der Waals surface area contributed by atoms with Crippen LogP contribution in [-0.4, -0.2) is 70.1 Å². The molecule has 0 spiro atoms. The maximum atomic E-state index is 11.7. The molecule has 1 aromatic rings. The van der Waals surface area contributed by atoms with Gasteiger partial charge in [0.05, 0.1) is 18.8 Å². The summed E-state index contributed by atoms with van der Waals surface area (Å²) in [7, 11) is 0. The molecule has 6 N–H and O–H groups in total. The van der Waals surface area contributed by atoms with Crippen LogP contribution in [0.15, 0.2) is 12.3 Å². The number of carbonyl (C=O) groups excluding carboxylic acids is 2. The van der Waals surface area contributed by atoms with Crippen molar-refractivity contribution >= 4 is 12.2 Å². The van der Waals surface area contributed by atoms with Crippen LogP contribution in [0.5, 0.6) is 0 Å². The number of ether oxygens (including phenoxy) is 1. The molecular formula is C19H27N3O6. The average molecular weight is 393 g/mol. The van der Waals surface area contributed by atoms with Gasteiger partial charge in [0.1, 0.15) is 18.3 Å². The number of nitrogens with one attached hydrogen (secondary N) is 1. The fraction of sp³-hybridized carbons (Fsp3) is 0.579. The van der Waals surface area contributed by atoms with Crippen LogP contribution in [0.2, 0.25) is 0 Å². The molecule has 1 aliphatic rings. The third kappa shape index (κ3) is 5.64. The van der Waals surface area contributed by atoms with E-state index in [4.69, 9.17) is 10.5 Å². The quantitative estimate of drug-likeness (QED) is 0.203. The maximum Gasteiger partial charge on any atom is 0.220 e. The summed E-state index contributed by atoms with van der Waals surface area (Å²) in [6.07, 6.45) is 0.651. The number of aliphatic hydroxyl groups excluding tert-OH is 3. The van der Waals surface area contributed by atoms with E-state index in [1.165, 1.54) is 16.8 Å². The second kappa shape index (κ2) is 10.9. The number of nitrogens with two attached hydrogens (primary N) is 1. The van der Waals surface area contributed by atoms with Crippen molar-refractivity contribution in [3.63, 3.8) is 0 Å². The minimum atomic E-state index is -1.29. The van der Waals surface area contributed by atoms with E-state index in [9.17, 15) is 24.9 Å². The predicted octanol–water partition coefficient (Wildman–Crippen LogP) is -1.10. The number of carbonyl (C=O) groups is 2. The average Bonchev–Trinajstić information content (AvgIpc) is 3.23. The van der Waals surface area contributed by atoms with Crippen LogP contribution in [0.4, 0.5) is 0 Å². The molecular weight excluding hydrogens is 366 g/mol. The van der Waals surface area contributed by atoms with Crippen molar-refractivity contribution in [1.82, 2.24) is 9.88 Å². The first-order chi connectivity index (χ1) is 13.5. The van der Waals surface area contributed by atoms with Gasteiger partial charge in [-0.15, -0.1) is 0 Å². The lowest BCUT2D eigenvalue weighted by Gasteiger charge is -2.17. The Balaban J connectivity index is 1.94. The van der Waals surface area contributed by atoms with E-state index in [0.717, 1.165) is 19.3 Å². The van der Waals surface area contributed by atoms with Crippen molar-refractivity contribution < 1.29 is 29.6 Å². The number of hydrogen-bond acceptors (Lipinski definition) is 7. The van der Waals surface area contributed by atoms with Crippen LogP contribution < -0.4 is 11.1 Å². The molecule has 0 bridgehead atoms. The smallest absolute Gasteiger partial charge is 0.220 e. The minimum Gasteiger partial charge on any atom is -0.394 e. The Labute approximate surface area is 163 Å². The zero-order valence-electron chi connectivity index (χ0n) is 15.6. The molecule has 0 aliphatic carbocycles. The normalized spacial score (nSPS) is 23.9. The van der Waals surface area contributed by atoms with Gasteiger partial charge in [-0.2, -0.15) is 0 Å². The van der Waals surface area contributed by atoms with Gasteiger partial charge in [0.2, 0.25) is 5.91 Å². The molecule has 1 saturated heterocycles. The number of unbranched alkanes of at least 4 members (excludes halogenated alkanes) is 2. The third-order valence-electron chi connectivity index (χ3n) is 4.51. The Hall–Kier alpha value is -2.22. The first-order valence-electron chi connectivity index (χ1n) is 9.27. The van der Waals surface area contributed by atoms with Gasteiger partial charge >= 0.3 is 0 Å². The standard InChI is InChI=1S/C19H27N3O6/c20-7-3-1-2-6-16(25)21-8-4-5-13-9-14(11-23)22(10-13)19-18(27)17(26)15(12-24)28-19/h9-11,15,17-19,24,26-27H,1-3,6-8,12,20H2,(H,21,25)/t15-,17-,18-,19-/m1/s1. The zero-order valence-corrected chi connectivity index (χ0v) is 15.6. The molecule has 1 fully saturated rings. The lowest BCUT2D eigenvalue weighted by Crippen LogP contribution is -2.33. The number of rotatable bonds is 9. The van der Waals surface area contributed by atoms with Crippen molar-refractivity contribution in [1.29, 1.82) is 0 Å². The summed E-state index contributed by atoms with van der Waals surface area (Å²) >= 11 is 0. The van der Waals surface area contributed by atoms with Crippen LogP contribution in [0.25, 0.3) is 0 Å². The van der Waals surface area contributed by atoms with E-state index in [1.807, 2.05) is 0 Å². The summed E-state index contributed by atoms with van der Waals surface area (Å²) in [5, 5.41) is 31.9. The molecule has 1 amide bonds. The second-order valence-corrected chi connectivity index (χ2v) is 6.59. The van der Waals surface area contributed by atoms with Crippen LogP contribution in [0.3, 0.4) is 0 Å². The van der Waals surface area contributed by atoms with Crippen LogP contribution in [-0.2, 0) is 9.53 Å². The van der Waals surface area contributed by atoms with Crippen molar-refractivity contribution in [2.45, 2.75) is 50.2 Å². The summed E-state index contributed by atoms with van der Waals surface area (Å²) in [4.78, 5) is 23.0. The predicted molar refractivity (Wildman–Crippen MR) is 100 cm³/mol. The topological polar surface area (TPSA) is 147 Å². The molecule has 0 unspecified atom stereocenters. The highest BCUT2D eigenvalue weighted by atomic mass is 16.6. The Morgan fingerprint density at radius 2 is 2.11 bits per heavy atom. The van der Waals surface area contributed by atoms with Crippen molar-refractivity contribution in [2.24, 2.45) is 5.73 Å².